The first-order valence-electron chi connectivity index (χ1n) is 6.93. The van der Waals surface area contributed by atoms with Crippen molar-refractivity contribution < 1.29 is 4.74 Å². The van der Waals surface area contributed by atoms with Gasteiger partial charge in [0.2, 0.25) is 0 Å². The fraction of sp³-hybridized carbons (Fsp3) is 0.375. The Labute approximate surface area is 134 Å². The van der Waals surface area contributed by atoms with Gasteiger partial charge in [-0.2, -0.15) is 0 Å². The van der Waals surface area contributed by atoms with Crippen molar-refractivity contribution in [3.8, 4) is 11.1 Å². The maximum absolute atomic E-state index is 6.36. The highest BCUT2D eigenvalue weighted by Gasteiger charge is 2.35. The number of aromatic nitrogens is 2. The molecule has 110 valence electrons. The zero-order valence-electron chi connectivity index (χ0n) is 11.9. The average Bonchev–Trinajstić information content (AvgIpc) is 3.23. The molecule has 1 aliphatic rings. The van der Waals surface area contributed by atoms with Gasteiger partial charge in [0.15, 0.2) is 5.82 Å². The highest BCUT2D eigenvalue weighted by molar-refractivity contribution is 6.37. The first-order valence-corrected chi connectivity index (χ1v) is 7.68. The summed E-state index contributed by atoms with van der Waals surface area (Å²) in [6.07, 6.45) is 2.15. The Morgan fingerprint density at radius 3 is 2.38 bits per heavy atom. The summed E-state index contributed by atoms with van der Waals surface area (Å²) in [6, 6.07) is 7.96. The summed E-state index contributed by atoms with van der Waals surface area (Å²) in [6.45, 7) is 2.02. The average molecular weight is 323 g/mol. The van der Waals surface area contributed by atoms with Crippen LogP contribution in [0.3, 0.4) is 0 Å². The topological polar surface area (TPSA) is 35.0 Å². The van der Waals surface area contributed by atoms with E-state index in [2.05, 4.69) is 9.97 Å². The molecule has 1 unspecified atom stereocenters. The van der Waals surface area contributed by atoms with Crippen molar-refractivity contribution in [3.05, 3.63) is 46.0 Å². The lowest BCUT2D eigenvalue weighted by atomic mass is 10.1. The molecule has 0 bridgehead atoms. The molecule has 1 aliphatic carbocycles. The molecule has 1 heterocycles. The van der Waals surface area contributed by atoms with E-state index in [1.807, 2.05) is 31.2 Å². The Morgan fingerprint density at radius 1 is 1.19 bits per heavy atom. The lowest BCUT2D eigenvalue weighted by molar-refractivity contribution is 0.0772. The summed E-state index contributed by atoms with van der Waals surface area (Å²) in [7, 11) is 1.67. The molecule has 0 radical (unpaired) electrons. The lowest BCUT2D eigenvalue weighted by Crippen LogP contribution is -2.10. The van der Waals surface area contributed by atoms with E-state index in [0.29, 0.717) is 27.6 Å². The third-order valence-electron chi connectivity index (χ3n) is 3.70. The Hall–Kier alpha value is -1.16. The predicted octanol–water partition coefficient (Wildman–Crippen LogP) is 4.86. The molecular formula is C16H16Cl2N2O. The van der Waals surface area contributed by atoms with Gasteiger partial charge >= 0.3 is 0 Å². The Bertz CT molecular complexity index is 648. The maximum Gasteiger partial charge on any atom is 0.160 e. The lowest BCUT2D eigenvalue weighted by Gasteiger charge is -2.15. The number of nitrogens with zero attached hydrogens (tertiary/aromatic N) is 2. The van der Waals surface area contributed by atoms with Gasteiger partial charge in [0, 0.05) is 7.11 Å². The molecule has 3 nitrogen and oxygen atoms in total. The largest absolute Gasteiger partial charge is 0.373 e. The Morgan fingerprint density at radius 2 is 1.86 bits per heavy atom. The maximum atomic E-state index is 6.36. The number of benzene rings is 1. The molecule has 0 spiro atoms. The zero-order valence-corrected chi connectivity index (χ0v) is 13.4. The van der Waals surface area contributed by atoms with E-state index in [9.17, 15) is 0 Å². The SMILES string of the molecule is COC(c1nc(Cl)c(-c2cccc(C)c2)c(Cl)n1)C1CC1. The standard InChI is InChI=1S/C16H16Cl2N2O/c1-9-4-3-5-11(8-9)12-14(17)19-16(20-15(12)18)13(21-2)10-6-7-10/h3-5,8,10,13H,6-7H2,1-2H3. The van der Waals surface area contributed by atoms with Gasteiger partial charge in [-0.05, 0) is 31.2 Å². The van der Waals surface area contributed by atoms with E-state index in [1.54, 1.807) is 7.11 Å². The van der Waals surface area contributed by atoms with E-state index in [1.165, 1.54) is 0 Å². The van der Waals surface area contributed by atoms with Gasteiger partial charge in [-0.15, -0.1) is 0 Å². The van der Waals surface area contributed by atoms with Crippen LogP contribution >= 0.6 is 23.2 Å². The molecule has 0 saturated heterocycles. The Kier molecular flexibility index (Phi) is 4.16. The van der Waals surface area contributed by atoms with Crippen molar-refractivity contribution in [3.63, 3.8) is 0 Å². The number of methoxy groups -OCH3 is 1. The molecular weight excluding hydrogens is 307 g/mol. The number of ether oxygens (including phenoxy) is 1. The second-order valence-electron chi connectivity index (χ2n) is 5.40. The zero-order chi connectivity index (χ0) is 15.0. The minimum absolute atomic E-state index is 0.119. The molecule has 1 aromatic carbocycles. The molecule has 2 aromatic rings. The molecule has 1 atom stereocenters. The van der Waals surface area contributed by atoms with Crippen LogP contribution < -0.4 is 0 Å². The smallest absolute Gasteiger partial charge is 0.160 e. The van der Waals surface area contributed by atoms with Crippen LogP contribution in [0.15, 0.2) is 24.3 Å². The minimum Gasteiger partial charge on any atom is -0.373 e. The van der Waals surface area contributed by atoms with Crippen LogP contribution in [0.25, 0.3) is 11.1 Å². The number of halogens is 2. The van der Waals surface area contributed by atoms with Crippen molar-refractivity contribution in [2.75, 3.05) is 7.11 Å². The van der Waals surface area contributed by atoms with Gasteiger partial charge < -0.3 is 4.74 Å². The van der Waals surface area contributed by atoms with Crippen molar-refractivity contribution in [2.45, 2.75) is 25.9 Å². The third-order valence-corrected chi connectivity index (χ3v) is 4.25. The summed E-state index contributed by atoms with van der Waals surface area (Å²) >= 11 is 12.7. The predicted molar refractivity (Wildman–Crippen MR) is 84.7 cm³/mol. The third kappa shape index (κ3) is 3.05. The molecule has 5 heteroatoms. The Balaban J connectivity index is 2.03. The van der Waals surface area contributed by atoms with Crippen molar-refractivity contribution >= 4 is 23.2 Å². The first-order chi connectivity index (χ1) is 10.1. The fourth-order valence-corrected chi connectivity index (χ4v) is 3.12. The van der Waals surface area contributed by atoms with Gasteiger partial charge in [0.05, 0.1) is 5.56 Å². The number of hydrogen-bond acceptors (Lipinski definition) is 3. The van der Waals surface area contributed by atoms with Crippen molar-refractivity contribution in [2.24, 2.45) is 5.92 Å². The van der Waals surface area contributed by atoms with Crippen LogP contribution in [0.4, 0.5) is 0 Å². The van der Waals surface area contributed by atoms with Crippen LogP contribution in [-0.4, -0.2) is 17.1 Å². The first kappa shape index (κ1) is 14.8. The molecule has 0 aliphatic heterocycles. The molecule has 1 saturated carbocycles. The van der Waals surface area contributed by atoms with E-state index in [-0.39, 0.29) is 6.10 Å². The van der Waals surface area contributed by atoms with E-state index in [4.69, 9.17) is 27.9 Å². The molecule has 1 fully saturated rings. The molecule has 3 rings (SSSR count). The molecule has 0 amide bonds. The summed E-state index contributed by atoms with van der Waals surface area (Å²) in [5.74, 6) is 1.05. The van der Waals surface area contributed by atoms with Gasteiger partial charge in [-0.1, -0.05) is 53.0 Å². The van der Waals surface area contributed by atoms with Crippen LogP contribution in [0.5, 0.6) is 0 Å². The van der Waals surface area contributed by atoms with Crippen molar-refractivity contribution in [1.29, 1.82) is 0 Å². The highest BCUT2D eigenvalue weighted by Crippen LogP contribution is 2.43. The van der Waals surface area contributed by atoms with Gasteiger partial charge in [0.25, 0.3) is 0 Å². The summed E-state index contributed by atoms with van der Waals surface area (Å²) in [5.41, 5.74) is 2.74. The summed E-state index contributed by atoms with van der Waals surface area (Å²) in [5, 5.41) is 0.747. The van der Waals surface area contributed by atoms with Gasteiger partial charge in [-0.25, -0.2) is 9.97 Å². The van der Waals surface area contributed by atoms with Crippen LogP contribution in [-0.2, 0) is 4.74 Å². The molecule has 1 aromatic heterocycles. The molecule has 0 N–H and O–H groups in total. The van der Waals surface area contributed by atoms with Gasteiger partial charge in [0.1, 0.15) is 16.4 Å². The van der Waals surface area contributed by atoms with E-state index in [0.717, 1.165) is 24.0 Å². The molecule has 21 heavy (non-hydrogen) atoms. The van der Waals surface area contributed by atoms with Gasteiger partial charge in [-0.3, -0.25) is 0 Å². The number of hydrogen-bond donors (Lipinski definition) is 0. The van der Waals surface area contributed by atoms with E-state index >= 15 is 0 Å². The fourth-order valence-electron chi connectivity index (χ4n) is 2.50. The van der Waals surface area contributed by atoms with Crippen LogP contribution in [0.1, 0.15) is 30.3 Å². The van der Waals surface area contributed by atoms with Crippen molar-refractivity contribution in [1.82, 2.24) is 9.97 Å². The normalized spacial score (nSPS) is 16.0. The minimum atomic E-state index is -0.119. The van der Waals surface area contributed by atoms with Crippen LogP contribution in [0, 0.1) is 12.8 Å². The summed E-state index contributed by atoms with van der Waals surface area (Å²) in [4.78, 5) is 8.83. The van der Waals surface area contributed by atoms with E-state index < -0.39 is 0 Å². The number of aryl methyl sites for hydroxylation is 1. The summed E-state index contributed by atoms with van der Waals surface area (Å²) < 4.78 is 5.49. The number of rotatable bonds is 4. The second-order valence-corrected chi connectivity index (χ2v) is 6.12. The highest BCUT2D eigenvalue weighted by atomic mass is 35.5. The van der Waals surface area contributed by atoms with Crippen LogP contribution in [0.2, 0.25) is 10.3 Å². The quantitative estimate of drug-likeness (QED) is 0.754. The second kappa shape index (κ2) is 5.91. The monoisotopic (exact) mass is 322 g/mol.